The van der Waals surface area contributed by atoms with E-state index in [-0.39, 0.29) is 30.0 Å². The van der Waals surface area contributed by atoms with E-state index in [1.54, 1.807) is 17.9 Å². The van der Waals surface area contributed by atoms with E-state index in [0.29, 0.717) is 6.54 Å². The fourth-order valence-corrected chi connectivity index (χ4v) is 2.81. The Hall–Kier alpha value is -1.96. The molecule has 140 valence electrons. The molecular formula is C17H23F3N2O3. The van der Waals surface area contributed by atoms with Gasteiger partial charge in [0, 0.05) is 19.2 Å². The second-order valence-corrected chi connectivity index (χ2v) is 6.46. The van der Waals surface area contributed by atoms with Crippen molar-refractivity contribution in [1.29, 1.82) is 0 Å². The summed E-state index contributed by atoms with van der Waals surface area (Å²) in [5, 5.41) is 11.9. The number of aliphatic hydroxyl groups is 1. The quantitative estimate of drug-likeness (QED) is 0.863. The van der Waals surface area contributed by atoms with Crippen LogP contribution >= 0.6 is 0 Å². The number of hydrogen-bond acceptors (Lipinski definition) is 3. The fraction of sp³-hybridized carbons (Fsp3) is 0.588. The fourth-order valence-electron chi connectivity index (χ4n) is 2.81. The Morgan fingerprint density at radius 1 is 1.40 bits per heavy atom. The molecule has 0 aromatic heterocycles. The predicted molar refractivity (Wildman–Crippen MR) is 87.7 cm³/mol. The number of aryl methyl sites for hydroxylation is 1. The van der Waals surface area contributed by atoms with Crippen molar-refractivity contribution < 1.29 is 27.8 Å². The van der Waals surface area contributed by atoms with Crippen LogP contribution in [0.2, 0.25) is 0 Å². The lowest BCUT2D eigenvalue weighted by Crippen LogP contribution is -2.48. The van der Waals surface area contributed by atoms with Crippen molar-refractivity contribution >= 4 is 11.7 Å². The van der Waals surface area contributed by atoms with Gasteiger partial charge in [0.2, 0.25) is 0 Å². The predicted octanol–water partition coefficient (Wildman–Crippen LogP) is 3.56. The number of carbonyl (C=O) groups excluding carboxylic acids is 1. The van der Waals surface area contributed by atoms with Crippen LogP contribution in [0.5, 0.6) is 5.75 Å². The average Bonchev–Trinajstić information content (AvgIpc) is 2.54. The molecule has 1 aliphatic rings. The highest BCUT2D eigenvalue weighted by Gasteiger charge is 2.30. The average molecular weight is 360 g/mol. The molecule has 2 atom stereocenters. The lowest BCUT2D eigenvalue weighted by atomic mass is 9.94. The standard InChI is InChI=1S/C17H23F3N2O3/c1-11-3-6-14(15(7-11)25-10-17(18,19)20)21-16(24)22-8-13(9-23)5-4-12(22)2/h3,6-7,12-13,23H,4-5,8-10H2,1-2H3,(H,21,24)/t12-,13-/m1/s1. The number of anilines is 1. The first-order chi connectivity index (χ1) is 11.7. The van der Waals surface area contributed by atoms with Gasteiger partial charge in [0.25, 0.3) is 0 Å². The van der Waals surface area contributed by atoms with Gasteiger partial charge in [0.1, 0.15) is 5.75 Å². The van der Waals surface area contributed by atoms with Crippen molar-refractivity contribution in [2.24, 2.45) is 5.92 Å². The highest BCUT2D eigenvalue weighted by Crippen LogP contribution is 2.29. The van der Waals surface area contributed by atoms with Crippen LogP contribution in [-0.2, 0) is 0 Å². The Morgan fingerprint density at radius 2 is 2.12 bits per heavy atom. The third-order valence-electron chi connectivity index (χ3n) is 4.27. The van der Waals surface area contributed by atoms with Gasteiger partial charge in [0.05, 0.1) is 5.69 Å². The Labute approximate surface area is 144 Å². The van der Waals surface area contributed by atoms with Gasteiger partial charge < -0.3 is 20.1 Å². The van der Waals surface area contributed by atoms with Gasteiger partial charge in [-0.3, -0.25) is 0 Å². The van der Waals surface area contributed by atoms with E-state index in [4.69, 9.17) is 4.74 Å². The summed E-state index contributed by atoms with van der Waals surface area (Å²) in [6.45, 7) is 2.62. The molecule has 2 amide bonds. The maximum absolute atomic E-state index is 12.5. The summed E-state index contributed by atoms with van der Waals surface area (Å²) >= 11 is 0. The monoisotopic (exact) mass is 360 g/mol. The molecule has 2 N–H and O–H groups in total. The summed E-state index contributed by atoms with van der Waals surface area (Å²) in [5.74, 6) is -0.00466. The molecule has 1 aliphatic heterocycles. The zero-order valence-electron chi connectivity index (χ0n) is 14.3. The first-order valence-electron chi connectivity index (χ1n) is 8.18. The number of urea groups is 1. The van der Waals surface area contributed by atoms with E-state index < -0.39 is 18.8 Å². The van der Waals surface area contributed by atoms with Crippen LogP contribution in [0.4, 0.5) is 23.7 Å². The number of hydrogen-bond donors (Lipinski definition) is 2. The molecule has 1 heterocycles. The molecule has 1 saturated heterocycles. The molecule has 2 rings (SSSR count). The maximum atomic E-state index is 12.5. The molecule has 8 heteroatoms. The number of alkyl halides is 3. The van der Waals surface area contributed by atoms with E-state index in [2.05, 4.69) is 5.32 Å². The lowest BCUT2D eigenvalue weighted by Gasteiger charge is -2.37. The van der Waals surface area contributed by atoms with Crippen molar-refractivity contribution in [3.8, 4) is 5.75 Å². The van der Waals surface area contributed by atoms with E-state index in [0.717, 1.165) is 18.4 Å². The Bertz CT molecular complexity index is 607. The second-order valence-electron chi connectivity index (χ2n) is 6.46. The summed E-state index contributed by atoms with van der Waals surface area (Å²) in [6, 6.07) is 4.25. The van der Waals surface area contributed by atoms with Crippen LogP contribution in [0, 0.1) is 12.8 Å². The third kappa shape index (κ3) is 5.52. The largest absolute Gasteiger partial charge is 0.482 e. The molecule has 0 radical (unpaired) electrons. The summed E-state index contributed by atoms with van der Waals surface area (Å²) in [5.41, 5.74) is 0.917. The summed E-state index contributed by atoms with van der Waals surface area (Å²) in [6.07, 6.45) is -2.85. The van der Waals surface area contributed by atoms with E-state index in [9.17, 15) is 23.1 Å². The molecule has 0 saturated carbocycles. The Balaban J connectivity index is 2.11. The molecule has 0 spiro atoms. The first kappa shape index (κ1) is 19.4. The van der Waals surface area contributed by atoms with E-state index in [1.807, 2.05) is 6.92 Å². The van der Waals surface area contributed by atoms with Crippen LogP contribution in [-0.4, -0.2) is 48.0 Å². The van der Waals surface area contributed by atoms with Gasteiger partial charge in [-0.15, -0.1) is 0 Å². The number of ether oxygens (including phenoxy) is 1. The smallest absolute Gasteiger partial charge is 0.422 e. The number of piperidine rings is 1. The van der Waals surface area contributed by atoms with Crippen LogP contribution < -0.4 is 10.1 Å². The van der Waals surface area contributed by atoms with Crippen LogP contribution in [0.15, 0.2) is 18.2 Å². The van der Waals surface area contributed by atoms with Crippen molar-refractivity contribution in [2.45, 2.75) is 38.9 Å². The molecule has 5 nitrogen and oxygen atoms in total. The molecule has 1 aromatic rings. The minimum atomic E-state index is -4.46. The van der Waals surface area contributed by atoms with Crippen LogP contribution in [0.1, 0.15) is 25.3 Å². The molecule has 0 bridgehead atoms. The van der Waals surface area contributed by atoms with Crippen molar-refractivity contribution in [1.82, 2.24) is 4.90 Å². The van der Waals surface area contributed by atoms with Crippen molar-refractivity contribution in [3.63, 3.8) is 0 Å². The maximum Gasteiger partial charge on any atom is 0.422 e. The van der Waals surface area contributed by atoms with E-state index >= 15 is 0 Å². The van der Waals surface area contributed by atoms with Gasteiger partial charge in [-0.2, -0.15) is 13.2 Å². The van der Waals surface area contributed by atoms with E-state index in [1.165, 1.54) is 12.1 Å². The zero-order valence-corrected chi connectivity index (χ0v) is 14.3. The minimum Gasteiger partial charge on any atom is -0.482 e. The molecular weight excluding hydrogens is 337 g/mol. The summed E-state index contributed by atoms with van der Waals surface area (Å²) in [4.78, 5) is 14.1. The minimum absolute atomic E-state index is 0.000968. The number of amides is 2. The second kappa shape index (κ2) is 7.95. The summed E-state index contributed by atoms with van der Waals surface area (Å²) < 4.78 is 42.1. The first-order valence-corrected chi connectivity index (χ1v) is 8.18. The van der Waals surface area contributed by atoms with Crippen LogP contribution in [0.3, 0.4) is 0 Å². The van der Waals surface area contributed by atoms with Crippen LogP contribution in [0.25, 0.3) is 0 Å². The number of nitrogens with zero attached hydrogens (tertiary/aromatic N) is 1. The van der Waals surface area contributed by atoms with Gasteiger partial charge in [-0.25, -0.2) is 4.79 Å². The number of carbonyl (C=O) groups is 1. The number of rotatable bonds is 4. The number of halogens is 3. The summed E-state index contributed by atoms with van der Waals surface area (Å²) in [7, 11) is 0. The molecule has 1 aromatic carbocycles. The van der Waals surface area contributed by atoms with Gasteiger partial charge >= 0.3 is 12.2 Å². The number of nitrogens with one attached hydrogen (secondary N) is 1. The Morgan fingerprint density at radius 3 is 2.76 bits per heavy atom. The molecule has 0 unspecified atom stereocenters. The number of likely N-dealkylation sites (tertiary alicyclic amines) is 1. The van der Waals surface area contributed by atoms with Gasteiger partial charge in [-0.05, 0) is 50.3 Å². The van der Waals surface area contributed by atoms with Gasteiger partial charge in [-0.1, -0.05) is 6.07 Å². The topological polar surface area (TPSA) is 61.8 Å². The van der Waals surface area contributed by atoms with Crippen molar-refractivity contribution in [2.75, 3.05) is 25.1 Å². The zero-order chi connectivity index (χ0) is 18.6. The lowest BCUT2D eigenvalue weighted by molar-refractivity contribution is -0.153. The van der Waals surface area contributed by atoms with Crippen molar-refractivity contribution in [3.05, 3.63) is 23.8 Å². The molecule has 25 heavy (non-hydrogen) atoms. The normalized spacial score (nSPS) is 21.1. The number of benzene rings is 1. The third-order valence-corrected chi connectivity index (χ3v) is 4.27. The number of aliphatic hydroxyl groups excluding tert-OH is 1. The molecule has 1 fully saturated rings. The Kier molecular flexibility index (Phi) is 6.16. The van der Waals surface area contributed by atoms with Gasteiger partial charge in [0.15, 0.2) is 6.61 Å². The molecule has 0 aliphatic carbocycles. The SMILES string of the molecule is Cc1ccc(NC(=O)N2C[C@H](CO)CC[C@H]2C)c(OCC(F)(F)F)c1. The highest BCUT2D eigenvalue weighted by atomic mass is 19.4. The highest BCUT2D eigenvalue weighted by molar-refractivity contribution is 5.91.